The molecule has 22 heavy (non-hydrogen) atoms. The van der Waals surface area contributed by atoms with Gasteiger partial charge in [0.05, 0.1) is 25.9 Å². The van der Waals surface area contributed by atoms with E-state index in [0.29, 0.717) is 19.8 Å². The predicted octanol–water partition coefficient (Wildman–Crippen LogP) is 4.40. The maximum Gasteiger partial charge on any atom is 0.335 e. The molecule has 0 aliphatic heterocycles. The summed E-state index contributed by atoms with van der Waals surface area (Å²) in [4.78, 5) is 2.03. The molecular formula is C16H30NO4P. The van der Waals surface area contributed by atoms with Gasteiger partial charge in [0.1, 0.15) is 11.5 Å². The van der Waals surface area contributed by atoms with E-state index in [-0.39, 0.29) is 11.6 Å². The molecule has 0 N–H and O–H groups in total. The van der Waals surface area contributed by atoms with Gasteiger partial charge in [0, 0.05) is 11.0 Å². The van der Waals surface area contributed by atoms with Crippen LogP contribution in [-0.4, -0.2) is 32.2 Å². The van der Waals surface area contributed by atoms with Crippen molar-refractivity contribution < 1.29 is 18.0 Å². The molecule has 0 bridgehead atoms. The van der Waals surface area contributed by atoms with Crippen molar-refractivity contribution in [2.24, 2.45) is 0 Å². The Hall–Kier alpha value is -0.610. The van der Waals surface area contributed by atoms with Gasteiger partial charge < -0.3 is 18.4 Å². The third-order valence-electron chi connectivity index (χ3n) is 3.11. The van der Waals surface area contributed by atoms with E-state index in [2.05, 4.69) is 20.8 Å². The van der Waals surface area contributed by atoms with Crippen LogP contribution in [0.25, 0.3) is 0 Å². The minimum Gasteiger partial charge on any atom is -0.464 e. The smallest absolute Gasteiger partial charge is 0.335 e. The molecule has 0 radical (unpaired) electrons. The summed E-state index contributed by atoms with van der Waals surface area (Å²) in [7, 11) is 0.831. The lowest BCUT2D eigenvalue weighted by atomic mass is 9.93. The number of hydrogen-bond acceptors (Lipinski definition) is 5. The van der Waals surface area contributed by atoms with E-state index in [0.717, 1.165) is 17.1 Å². The van der Waals surface area contributed by atoms with Gasteiger partial charge >= 0.3 is 7.60 Å². The second-order valence-corrected chi connectivity index (χ2v) is 8.71. The first-order valence-electron chi connectivity index (χ1n) is 7.76. The monoisotopic (exact) mass is 331 g/mol. The number of nitrogens with zero attached hydrogens (tertiary/aromatic N) is 1. The fourth-order valence-electron chi connectivity index (χ4n) is 2.12. The van der Waals surface area contributed by atoms with Crippen LogP contribution in [0.4, 0.5) is 0 Å². The molecule has 1 rings (SSSR count). The molecule has 1 aromatic heterocycles. The van der Waals surface area contributed by atoms with Crippen molar-refractivity contribution in [2.75, 3.05) is 27.3 Å². The summed E-state index contributed by atoms with van der Waals surface area (Å²) >= 11 is 0. The second kappa shape index (κ2) is 7.78. The maximum atomic E-state index is 12.8. The van der Waals surface area contributed by atoms with Crippen molar-refractivity contribution in [1.29, 1.82) is 0 Å². The Kier molecular flexibility index (Phi) is 6.87. The third-order valence-corrected chi connectivity index (χ3v) is 5.14. The normalized spacial score (nSPS) is 13.1. The molecule has 5 nitrogen and oxygen atoms in total. The number of furan rings is 1. The van der Waals surface area contributed by atoms with Crippen molar-refractivity contribution >= 4 is 7.60 Å². The lowest BCUT2D eigenvalue weighted by molar-refractivity contribution is 0.218. The zero-order valence-corrected chi connectivity index (χ0v) is 15.8. The van der Waals surface area contributed by atoms with Gasteiger partial charge in [-0.15, -0.1) is 0 Å². The predicted molar refractivity (Wildman–Crippen MR) is 89.4 cm³/mol. The summed E-state index contributed by atoms with van der Waals surface area (Å²) in [6.07, 6.45) is 0.247. The first kappa shape index (κ1) is 19.4. The summed E-state index contributed by atoms with van der Waals surface area (Å²) in [6, 6.07) is 1.99. The summed E-state index contributed by atoms with van der Waals surface area (Å²) in [5.74, 6) is 1.72. The highest BCUT2D eigenvalue weighted by atomic mass is 31.2. The van der Waals surface area contributed by atoms with Crippen LogP contribution in [0.1, 0.15) is 51.7 Å². The molecule has 128 valence electrons. The molecule has 0 aromatic carbocycles. The Morgan fingerprint density at radius 3 is 2.14 bits per heavy atom. The van der Waals surface area contributed by atoms with Crippen LogP contribution < -0.4 is 0 Å². The average Bonchev–Trinajstić information content (AvgIpc) is 2.71. The maximum absolute atomic E-state index is 12.8. The van der Waals surface area contributed by atoms with Crippen LogP contribution in [0.3, 0.4) is 0 Å². The molecule has 0 atom stereocenters. The first-order chi connectivity index (χ1) is 10.1. The van der Waals surface area contributed by atoms with Gasteiger partial charge in [0.15, 0.2) is 0 Å². The minimum atomic E-state index is -3.13. The Labute approximate surface area is 134 Å². The van der Waals surface area contributed by atoms with Crippen LogP contribution in [0.15, 0.2) is 10.5 Å². The molecule has 1 heterocycles. The van der Waals surface area contributed by atoms with Gasteiger partial charge in [-0.2, -0.15) is 0 Å². The van der Waals surface area contributed by atoms with Gasteiger partial charge in [-0.1, -0.05) is 20.8 Å². The quantitative estimate of drug-likeness (QED) is 0.661. The van der Waals surface area contributed by atoms with Crippen molar-refractivity contribution in [3.05, 3.63) is 23.2 Å². The van der Waals surface area contributed by atoms with E-state index in [1.165, 1.54) is 0 Å². The Morgan fingerprint density at radius 2 is 1.73 bits per heavy atom. The lowest BCUT2D eigenvalue weighted by Gasteiger charge is -2.17. The number of hydrogen-bond donors (Lipinski definition) is 0. The molecule has 0 spiro atoms. The molecule has 0 saturated carbocycles. The molecule has 0 unspecified atom stereocenters. The largest absolute Gasteiger partial charge is 0.464 e. The topological polar surface area (TPSA) is 51.9 Å². The van der Waals surface area contributed by atoms with Gasteiger partial charge in [-0.05, 0) is 34.0 Å². The Morgan fingerprint density at radius 1 is 1.18 bits per heavy atom. The van der Waals surface area contributed by atoms with E-state index in [1.807, 2.05) is 38.9 Å². The lowest BCUT2D eigenvalue weighted by Crippen LogP contribution is -2.12. The summed E-state index contributed by atoms with van der Waals surface area (Å²) in [5, 5.41) is 0. The van der Waals surface area contributed by atoms with Crippen molar-refractivity contribution in [2.45, 2.75) is 52.7 Å². The van der Waals surface area contributed by atoms with Crippen LogP contribution >= 0.6 is 7.60 Å². The molecule has 0 amide bonds. The highest BCUT2D eigenvalue weighted by Gasteiger charge is 2.29. The Balaban J connectivity index is 3.14. The number of rotatable bonds is 8. The molecule has 6 heteroatoms. The van der Waals surface area contributed by atoms with Crippen molar-refractivity contribution in [3.8, 4) is 0 Å². The molecule has 0 fully saturated rings. The molecule has 0 saturated heterocycles. The van der Waals surface area contributed by atoms with Crippen molar-refractivity contribution in [1.82, 2.24) is 4.90 Å². The van der Waals surface area contributed by atoms with Crippen LogP contribution in [0.5, 0.6) is 0 Å². The zero-order chi connectivity index (χ0) is 17.0. The highest BCUT2D eigenvalue weighted by molar-refractivity contribution is 7.53. The fourth-order valence-corrected chi connectivity index (χ4v) is 3.85. The summed E-state index contributed by atoms with van der Waals surface area (Å²) in [6.45, 7) is 11.3. The molecular weight excluding hydrogens is 301 g/mol. The zero-order valence-electron chi connectivity index (χ0n) is 14.9. The minimum absolute atomic E-state index is 0.0967. The first-order valence-corrected chi connectivity index (χ1v) is 9.49. The van der Waals surface area contributed by atoms with Crippen LogP contribution in [0, 0.1) is 0 Å². The average molecular weight is 331 g/mol. The second-order valence-electron chi connectivity index (χ2n) is 6.65. The fraction of sp³-hybridized carbons (Fsp3) is 0.750. The van der Waals surface area contributed by atoms with Gasteiger partial charge in [0.2, 0.25) is 0 Å². The van der Waals surface area contributed by atoms with Gasteiger partial charge in [-0.3, -0.25) is 4.57 Å². The van der Waals surface area contributed by atoms with E-state index in [1.54, 1.807) is 0 Å². The summed E-state index contributed by atoms with van der Waals surface area (Å²) in [5.41, 5.74) is 0.810. The van der Waals surface area contributed by atoms with E-state index >= 15 is 0 Å². The third kappa shape index (κ3) is 5.54. The van der Waals surface area contributed by atoms with E-state index in [4.69, 9.17) is 13.5 Å². The van der Waals surface area contributed by atoms with Crippen LogP contribution in [0.2, 0.25) is 0 Å². The molecule has 0 aliphatic rings. The van der Waals surface area contributed by atoms with Gasteiger partial charge in [0.25, 0.3) is 0 Å². The molecule has 0 aliphatic carbocycles. The molecule has 1 aromatic rings. The van der Waals surface area contributed by atoms with Gasteiger partial charge in [-0.25, -0.2) is 0 Å². The van der Waals surface area contributed by atoms with Crippen molar-refractivity contribution in [3.63, 3.8) is 0 Å². The standard InChI is InChI=1S/C16H30NO4P/c1-8-19-22(18,20-9-2)12-13-10-15(16(3,4)5)21-14(13)11-17(6)7/h10H,8-9,11-12H2,1-7H3. The SMILES string of the molecule is CCOP(=O)(Cc1cc(C(C)(C)C)oc1CN(C)C)OCC. The Bertz CT molecular complexity index is 507. The highest BCUT2D eigenvalue weighted by Crippen LogP contribution is 2.52. The summed E-state index contributed by atoms with van der Waals surface area (Å²) < 4.78 is 29.6. The van der Waals surface area contributed by atoms with Crippen LogP contribution in [-0.2, 0) is 31.7 Å². The van der Waals surface area contributed by atoms with E-state index < -0.39 is 7.60 Å². The van der Waals surface area contributed by atoms with E-state index in [9.17, 15) is 4.57 Å².